The lowest BCUT2D eigenvalue weighted by Crippen LogP contribution is -2.36. The summed E-state index contributed by atoms with van der Waals surface area (Å²) in [7, 11) is 0. The van der Waals surface area contributed by atoms with Gasteiger partial charge in [-0.1, -0.05) is 24.3 Å². The van der Waals surface area contributed by atoms with E-state index in [4.69, 9.17) is 0 Å². The van der Waals surface area contributed by atoms with Gasteiger partial charge in [0, 0.05) is 10.6 Å². The van der Waals surface area contributed by atoms with Gasteiger partial charge in [-0.15, -0.1) is 11.8 Å². The van der Waals surface area contributed by atoms with Crippen molar-refractivity contribution in [3.8, 4) is 0 Å². The molecule has 1 atom stereocenters. The molecule has 2 heterocycles. The first-order valence-electron chi connectivity index (χ1n) is 8.70. The number of hydrogen-bond donors (Lipinski definition) is 1. The average Bonchev–Trinajstić information content (AvgIpc) is 2.65. The maximum absolute atomic E-state index is 14.0. The molecule has 0 radical (unpaired) electrons. The van der Waals surface area contributed by atoms with Crippen molar-refractivity contribution in [3.63, 3.8) is 0 Å². The second-order valence-corrected chi connectivity index (χ2v) is 7.67. The summed E-state index contributed by atoms with van der Waals surface area (Å²) in [6.07, 6.45) is 2.12. The van der Waals surface area contributed by atoms with Crippen LogP contribution in [0.1, 0.15) is 23.6 Å². The minimum absolute atomic E-state index is 0.121. The Kier molecular flexibility index (Phi) is 4.70. The average molecular weight is 383 g/mol. The summed E-state index contributed by atoms with van der Waals surface area (Å²) < 4.78 is 15.3. The van der Waals surface area contributed by atoms with Gasteiger partial charge in [0.05, 0.1) is 23.3 Å². The van der Waals surface area contributed by atoms with Gasteiger partial charge in [0.2, 0.25) is 5.91 Å². The minimum atomic E-state index is -0.294. The number of nitrogens with one attached hydrogen (secondary N) is 1. The molecule has 1 aliphatic rings. The highest BCUT2D eigenvalue weighted by atomic mass is 32.2. The maximum atomic E-state index is 14.0. The molecule has 4 rings (SSSR count). The molecule has 1 N–H and O–H groups in total. The van der Waals surface area contributed by atoms with Crippen molar-refractivity contribution in [1.29, 1.82) is 0 Å². The number of rotatable bonds is 3. The summed E-state index contributed by atoms with van der Waals surface area (Å²) in [6.45, 7) is 1.77. The van der Waals surface area contributed by atoms with Crippen LogP contribution < -0.4 is 10.9 Å². The number of hydrogen-bond acceptors (Lipinski definition) is 4. The number of carbonyl (C=O) groups excluding carboxylic acids is 1. The largest absolute Gasteiger partial charge is 0.348 e. The highest BCUT2D eigenvalue weighted by Crippen LogP contribution is 2.37. The lowest BCUT2D eigenvalue weighted by Gasteiger charge is -2.26. The number of carbonyl (C=O) groups is 1. The number of halogens is 1. The van der Waals surface area contributed by atoms with E-state index in [1.54, 1.807) is 18.2 Å². The summed E-state index contributed by atoms with van der Waals surface area (Å²) in [5.74, 6) is 0.176. The number of thioether (sulfide) groups is 1. The summed E-state index contributed by atoms with van der Waals surface area (Å²) in [4.78, 5) is 30.1. The zero-order chi connectivity index (χ0) is 19.0. The topological polar surface area (TPSA) is 64.0 Å². The predicted molar refractivity (Wildman–Crippen MR) is 103 cm³/mol. The van der Waals surface area contributed by atoms with Gasteiger partial charge < -0.3 is 5.32 Å². The Labute approximate surface area is 159 Å². The van der Waals surface area contributed by atoms with Crippen LogP contribution in [0.15, 0.2) is 52.4 Å². The molecule has 3 aromatic rings. The smallest absolute Gasteiger partial charge is 0.261 e. The molecule has 5 nitrogen and oxygen atoms in total. The molecule has 1 unspecified atom stereocenters. The van der Waals surface area contributed by atoms with Gasteiger partial charge in [-0.25, -0.2) is 9.37 Å². The van der Waals surface area contributed by atoms with Crippen LogP contribution in [-0.2, 0) is 11.3 Å². The lowest BCUT2D eigenvalue weighted by atomic mass is 10.0. The van der Waals surface area contributed by atoms with Crippen molar-refractivity contribution in [1.82, 2.24) is 14.9 Å². The van der Waals surface area contributed by atoms with Crippen molar-refractivity contribution >= 4 is 28.6 Å². The first kappa shape index (κ1) is 17.7. The fourth-order valence-electron chi connectivity index (χ4n) is 3.38. The molecule has 27 heavy (non-hydrogen) atoms. The second-order valence-electron chi connectivity index (χ2n) is 6.56. The first-order valence-corrected chi connectivity index (χ1v) is 9.68. The van der Waals surface area contributed by atoms with E-state index in [9.17, 15) is 14.0 Å². The third-order valence-corrected chi connectivity index (χ3v) is 5.89. The Morgan fingerprint density at radius 1 is 1.33 bits per heavy atom. The van der Waals surface area contributed by atoms with Crippen molar-refractivity contribution in [2.75, 3.05) is 5.75 Å². The number of fused-ring (bicyclic) bond motifs is 2. The van der Waals surface area contributed by atoms with Crippen LogP contribution in [-0.4, -0.2) is 21.2 Å². The minimum Gasteiger partial charge on any atom is -0.348 e. The number of benzene rings is 2. The van der Waals surface area contributed by atoms with Crippen LogP contribution in [0.5, 0.6) is 0 Å². The number of aryl methyl sites for hydroxylation is 1. The molecule has 0 spiro atoms. The third-order valence-electron chi connectivity index (χ3n) is 4.73. The molecule has 0 aliphatic carbocycles. The van der Waals surface area contributed by atoms with E-state index in [0.717, 1.165) is 23.3 Å². The molecule has 1 aromatic heterocycles. The van der Waals surface area contributed by atoms with Crippen LogP contribution in [0.3, 0.4) is 0 Å². The van der Waals surface area contributed by atoms with E-state index >= 15 is 0 Å². The van der Waals surface area contributed by atoms with E-state index in [1.807, 2.05) is 19.1 Å². The third kappa shape index (κ3) is 3.35. The Morgan fingerprint density at radius 2 is 2.15 bits per heavy atom. The zero-order valence-corrected chi connectivity index (χ0v) is 15.6. The van der Waals surface area contributed by atoms with Crippen LogP contribution in [0, 0.1) is 12.7 Å². The molecule has 0 saturated heterocycles. The van der Waals surface area contributed by atoms with Gasteiger partial charge in [-0.2, -0.15) is 0 Å². The van der Waals surface area contributed by atoms with Crippen molar-refractivity contribution in [2.24, 2.45) is 0 Å². The number of amides is 1. The number of nitrogens with zero attached hydrogens (tertiary/aromatic N) is 2. The lowest BCUT2D eigenvalue weighted by molar-refractivity contribution is -0.122. The highest BCUT2D eigenvalue weighted by molar-refractivity contribution is 7.99. The molecule has 1 aliphatic heterocycles. The van der Waals surface area contributed by atoms with Gasteiger partial charge in [0.25, 0.3) is 5.56 Å². The maximum Gasteiger partial charge on any atom is 0.261 e. The van der Waals surface area contributed by atoms with Gasteiger partial charge in [0.1, 0.15) is 12.4 Å². The van der Waals surface area contributed by atoms with E-state index in [0.29, 0.717) is 15.8 Å². The second kappa shape index (κ2) is 7.15. The number of aromatic nitrogens is 2. The van der Waals surface area contributed by atoms with Crippen molar-refractivity contribution in [3.05, 3.63) is 70.0 Å². The molecular formula is C20H18FN3O2S. The first-order chi connectivity index (χ1) is 13.0. The van der Waals surface area contributed by atoms with E-state index in [1.165, 1.54) is 28.7 Å². The molecule has 0 fully saturated rings. The Bertz CT molecular complexity index is 1100. The van der Waals surface area contributed by atoms with Gasteiger partial charge in [0.15, 0.2) is 0 Å². The van der Waals surface area contributed by atoms with E-state index < -0.39 is 0 Å². The molecule has 138 valence electrons. The Hall–Kier alpha value is -2.67. The van der Waals surface area contributed by atoms with Crippen LogP contribution in [0.2, 0.25) is 0 Å². The normalized spacial score (nSPS) is 16.1. The van der Waals surface area contributed by atoms with Gasteiger partial charge in [-0.3, -0.25) is 14.2 Å². The molecule has 1 amide bonds. The molecule has 0 saturated carbocycles. The molecule has 2 aromatic carbocycles. The fraction of sp³-hybridized carbons (Fsp3) is 0.250. The Morgan fingerprint density at radius 3 is 3.00 bits per heavy atom. The molecular weight excluding hydrogens is 365 g/mol. The molecule has 0 bridgehead atoms. The van der Waals surface area contributed by atoms with Gasteiger partial charge in [-0.05, 0) is 36.6 Å². The highest BCUT2D eigenvalue weighted by Gasteiger charge is 2.24. The SMILES string of the molecule is Cc1cccc2c(=O)n(CC(=O)NC3CCSc4c(F)cccc43)cnc12. The van der Waals surface area contributed by atoms with E-state index in [-0.39, 0.29) is 29.9 Å². The van der Waals surface area contributed by atoms with Crippen LogP contribution in [0.25, 0.3) is 10.9 Å². The Balaban J connectivity index is 1.56. The summed E-state index contributed by atoms with van der Waals surface area (Å²) in [6, 6.07) is 10.1. The standard InChI is InChI=1S/C20H18FN3O2S/c1-12-4-2-6-14-18(12)22-11-24(20(14)26)10-17(25)23-16-8-9-27-19-13(16)5-3-7-15(19)21/h2-7,11,16H,8-10H2,1H3,(H,23,25). The monoisotopic (exact) mass is 383 g/mol. The molecule has 7 heteroatoms. The van der Waals surface area contributed by atoms with Crippen LogP contribution >= 0.6 is 11.8 Å². The van der Waals surface area contributed by atoms with E-state index in [2.05, 4.69) is 10.3 Å². The quantitative estimate of drug-likeness (QED) is 0.754. The summed E-state index contributed by atoms with van der Waals surface area (Å²) in [5, 5.41) is 3.42. The predicted octanol–water partition coefficient (Wildman–Crippen LogP) is 3.20. The summed E-state index contributed by atoms with van der Waals surface area (Å²) in [5.41, 5.74) is 2.11. The fourth-order valence-corrected chi connectivity index (χ4v) is 4.52. The van der Waals surface area contributed by atoms with Crippen molar-refractivity contribution < 1.29 is 9.18 Å². The zero-order valence-electron chi connectivity index (χ0n) is 14.7. The van der Waals surface area contributed by atoms with Crippen molar-refractivity contribution in [2.45, 2.75) is 30.8 Å². The van der Waals surface area contributed by atoms with Gasteiger partial charge >= 0.3 is 0 Å². The number of para-hydroxylation sites is 1. The van der Waals surface area contributed by atoms with Crippen LogP contribution in [0.4, 0.5) is 4.39 Å². The summed E-state index contributed by atoms with van der Waals surface area (Å²) >= 11 is 1.46.